The van der Waals surface area contributed by atoms with Crippen LogP contribution >= 0.6 is 0 Å². The van der Waals surface area contributed by atoms with Crippen LogP contribution in [0.4, 0.5) is 5.69 Å². The minimum Gasteiger partial charge on any atom is -0.336 e. The monoisotopic (exact) mass is 290 g/mol. The fraction of sp³-hybridized carbons (Fsp3) is 0.562. The topological polar surface area (TPSA) is 61.6 Å². The van der Waals surface area contributed by atoms with Gasteiger partial charge in [-0.15, -0.1) is 0 Å². The fourth-order valence-corrected chi connectivity index (χ4v) is 2.78. The predicted octanol–water partition coefficient (Wildman–Crippen LogP) is 1.69. The van der Waals surface area contributed by atoms with Crippen molar-refractivity contribution in [3.05, 3.63) is 29.3 Å². The molecule has 0 atom stereocenters. The van der Waals surface area contributed by atoms with Gasteiger partial charge in [0.2, 0.25) is 0 Å². The molecule has 21 heavy (non-hydrogen) atoms. The number of carbonyl (C=O) groups is 1. The van der Waals surface area contributed by atoms with Crippen LogP contribution in [0.3, 0.4) is 0 Å². The van der Waals surface area contributed by atoms with Crippen molar-refractivity contribution in [2.75, 3.05) is 38.1 Å². The lowest BCUT2D eigenvalue weighted by Crippen LogP contribution is -2.49. The summed E-state index contributed by atoms with van der Waals surface area (Å²) in [6, 6.07) is 5.71. The van der Waals surface area contributed by atoms with Crippen LogP contribution in [0.15, 0.2) is 18.2 Å². The van der Waals surface area contributed by atoms with E-state index in [4.69, 9.17) is 5.84 Å². The van der Waals surface area contributed by atoms with Crippen LogP contribution in [0, 0.1) is 12.8 Å². The number of amides is 1. The molecule has 0 unspecified atom stereocenters. The molecule has 1 aromatic carbocycles. The summed E-state index contributed by atoms with van der Waals surface area (Å²) >= 11 is 0. The first-order chi connectivity index (χ1) is 10.0. The van der Waals surface area contributed by atoms with Gasteiger partial charge in [0.05, 0.1) is 11.3 Å². The van der Waals surface area contributed by atoms with Gasteiger partial charge < -0.3 is 10.3 Å². The van der Waals surface area contributed by atoms with Crippen molar-refractivity contribution in [1.82, 2.24) is 9.80 Å². The molecule has 1 aromatic rings. The number of rotatable bonds is 4. The van der Waals surface area contributed by atoms with Crippen LogP contribution in [-0.2, 0) is 0 Å². The Morgan fingerprint density at radius 3 is 2.52 bits per heavy atom. The molecule has 3 N–H and O–H groups in total. The zero-order valence-electron chi connectivity index (χ0n) is 13.2. The third kappa shape index (κ3) is 3.95. The van der Waals surface area contributed by atoms with Crippen LogP contribution in [0.5, 0.6) is 0 Å². The summed E-state index contributed by atoms with van der Waals surface area (Å²) in [5.41, 5.74) is 5.04. The van der Waals surface area contributed by atoms with Gasteiger partial charge in [0.15, 0.2) is 0 Å². The van der Waals surface area contributed by atoms with E-state index in [9.17, 15) is 4.79 Å². The number of nitrogens with zero attached hydrogens (tertiary/aromatic N) is 2. The van der Waals surface area contributed by atoms with Gasteiger partial charge in [-0.05, 0) is 25.0 Å². The molecule has 1 aliphatic rings. The number of anilines is 1. The van der Waals surface area contributed by atoms with Crippen LogP contribution in [0.25, 0.3) is 0 Å². The van der Waals surface area contributed by atoms with Crippen molar-refractivity contribution in [1.29, 1.82) is 0 Å². The first kappa shape index (κ1) is 15.8. The SMILES string of the molecule is Cc1ccc(NN)c(C(=O)N2CCN(CC(C)C)CC2)c1. The Bertz CT molecular complexity index is 493. The highest BCUT2D eigenvalue weighted by Crippen LogP contribution is 2.19. The third-order valence-corrected chi connectivity index (χ3v) is 3.84. The fourth-order valence-electron chi connectivity index (χ4n) is 2.78. The number of nitrogens with one attached hydrogen (secondary N) is 1. The van der Waals surface area contributed by atoms with Crippen molar-refractivity contribution in [3.8, 4) is 0 Å². The molecule has 1 fully saturated rings. The Kier molecular flexibility index (Phi) is 5.20. The highest BCUT2D eigenvalue weighted by molar-refractivity contribution is 5.99. The summed E-state index contributed by atoms with van der Waals surface area (Å²) in [5, 5.41) is 0. The van der Waals surface area contributed by atoms with Gasteiger partial charge in [-0.1, -0.05) is 25.5 Å². The second-order valence-electron chi connectivity index (χ2n) is 6.18. The van der Waals surface area contributed by atoms with E-state index in [1.165, 1.54) is 0 Å². The summed E-state index contributed by atoms with van der Waals surface area (Å²) in [6.45, 7) is 11.0. The first-order valence-corrected chi connectivity index (χ1v) is 7.60. The number of benzene rings is 1. The summed E-state index contributed by atoms with van der Waals surface area (Å²) in [5.74, 6) is 6.25. The molecule has 0 saturated carbocycles. The lowest BCUT2D eigenvalue weighted by Gasteiger charge is -2.35. The molecule has 0 radical (unpaired) electrons. The number of nitrogens with two attached hydrogens (primary N) is 1. The van der Waals surface area contributed by atoms with Gasteiger partial charge in [-0.25, -0.2) is 0 Å². The molecule has 5 heteroatoms. The maximum absolute atomic E-state index is 12.7. The molecule has 116 valence electrons. The Hall–Kier alpha value is -1.59. The zero-order chi connectivity index (χ0) is 15.4. The van der Waals surface area contributed by atoms with Crippen molar-refractivity contribution in [3.63, 3.8) is 0 Å². The van der Waals surface area contributed by atoms with Crippen molar-refractivity contribution < 1.29 is 4.79 Å². The van der Waals surface area contributed by atoms with Gasteiger partial charge in [-0.2, -0.15) is 0 Å². The second kappa shape index (κ2) is 6.91. The normalized spacial score (nSPS) is 16.3. The predicted molar refractivity (Wildman–Crippen MR) is 86.2 cm³/mol. The summed E-state index contributed by atoms with van der Waals surface area (Å²) in [6.07, 6.45) is 0. The van der Waals surface area contributed by atoms with E-state index in [0.717, 1.165) is 38.3 Å². The number of carbonyl (C=O) groups excluding carboxylic acids is 1. The van der Waals surface area contributed by atoms with E-state index in [1.54, 1.807) is 0 Å². The van der Waals surface area contributed by atoms with Gasteiger partial charge in [0.1, 0.15) is 0 Å². The molecule has 0 bridgehead atoms. The molecule has 2 rings (SSSR count). The number of aryl methyl sites for hydroxylation is 1. The maximum Gasteiger partial charge on any atom is 0.256 e. The molecule has 1 aliphatic heterocycles. The molecule has 0 spiro atoms. The van der Waals surface area contributed by atoms with Crippen molar-refractivity contribution >= 4 is 11.6 Å². The number of hydrogen-bond acceptors (Lipinski definition) is 4. The Morgan fingerprint density at radius 1 is 1.29 bits per heavy atom. The van der Waals surface area contributed by atoms with E-state index in [0.29, 0.717) is 17.2 Å². The number of piperazine rings is 1. The van der Waals surface area contributed by atoms with Crippen molar-refractivity contribution in [2.45, 2.75) is 20.8 Å². The number of hydrazine groups is 1. The van der Waals surface area contributed by atoms with Gasteiger partial charge in [0, 0.05) is 32.7 Å². The van der Waals surface area contributed by atoms with Crippen LogP contribution in [-0.4, -0.2) is 48.4 Å². The zero-order valence-corrected chi connectivity index (χ0v) is 13.2. The Labute approximate surface area is 127 Å². The van der Waals surface area contributed by atoms with Gasteiger partial charge in [-0.3, -0.25) is 15.5 Å². The average Bonchev–Trinajstić information content (AvgIpc) is 2.46. The van der Waals surface area contributed by atoms with Crippen LogP contribution in [0.1, 0.15) is 29.8 Å². The van der Waals surface area contributed by atoms with E-state index < -0.39 is 0 Å². The van der Waals surface area contributed by atoms with Crippen LogP contribution in [0.2, 0.25) is 0 Å². The minimum atomic E-state index is 0.0656. The standard InChI is InChI=1S/C16H26N4O/c1-12(2)11-19-6-8-20(9-7-19)16(21)14-10-13(3)4-5-15(14)18-17/h4-5,10,12,18H,6-9,11,17H2,1-3H3. The molecule has 0 aliphatic carbocycles. The van der Waals surface area contributed by atoms with E-state index in [-0.39, 0.29) is 5.91 Å². The molecule has 5 nitrogen and oxygen atoms in total. The van der Waals surface area contributed by atoms with Crippen molar-refractivity contribution in [2.24, 2.45) is 11.8 Å². The average molecular weight is 290 g/mol. The molecule has 1 heterocycles. The lowest BCUT2D eigenvalue weighted by molar-refractivity contribution is 0.0624. The number of nitrogen functional groups attached to an aromatic ring is 1. The quantitative estimate of drug-likeness (QED) is 0.654. The third-order valence-electron chi connectivity index (χ3n) is 3.84. The number of hydrogen-bond donors (Lipinski definition) is 2. The van der Waals surface area contributed by atoms with E-state index in [1.807, 2.05) is 30.0 Å². The second-order valence-corrected chi connectivity index (χ2v) is 6.18. The van der Waals surface area contributed by atoms with Gasteiger partial charge >= 0.3 is 0 Å². The highest BCUT2D eigenvalue weighted by Gasteiger charge is 2.24. The molecular formula is C16H26N4O. The van der Waals surface area contributed by atoms with E-state index >= 15 is 0 Å². The summed E-state index contributed by atoms with van der Waals surface area (Å²) < 4.78 is 0. The first-order valence-electron chi connectivity index (χ1n) is 7.60. The molecule has 0 aromatic heterocycles. The molecule has 1 amide bonds. The lowest BCUT2D eigenvalue weighted by atomic mass is 10.1. The van der Waals surface area contributed by atoms with Gasteiger partial charge in [0.25, 0.3) is 5.91 Å². The summed E-state index contributed by atoms with van der Waals surface area (Å²) in [7, 11) is 0. The highest BCUT2D eigenvalue weighted by atomic mass is 16.2. The Balaban J connectivity index is 2.03. The minimum absolute atomic E-state index is 0.0656. The smallest absolute Gasteiger partial charge is 0.256 e. The molecular weight excluding hydrogens is 264 g/mol. The largest absolute Gasteiger partial charge is 0.336 e. The maximum atomic E-state index is 12.7. The molecule has 1 saturated heterocycles. The summed E-state index contributed by atoms with van der Waals surface area (Å²) in [4.78, 5) is 17.0. The van der Waals surface area contributed by atoms with Crippen LogP contribution < -0.4 is 11.3 Å². The van der Waals surface area contributed by atoms with E-state index in [2.05, 4.69) is 24.2 Å². The Morgan fingerprint density at radius 2 is 1.95 bits per heavy atom.